The fourth-order valence-corrected chi connectivity index (χ4v) is 4.44. The largest absolute Gasteiger partial charge is 0.372 e. The number of nitrogens with zero attached hydrogens (tertiary/aromatic N) is 2. The molecular formula is C19H15BrCl2N2O3. The highest BCUT2D eigenvalue weighted by Crippen LogP contribution is 2.35. The summed E-state index contributed by atoms with van der Waals surface area (Å²) in [5.41, 5.74) is 1.42. The number of anilines is 1. The SMILES string of the molecule is O=C1C2CC(OCc3cccc(Br)c3)CN2C(=O)N1c1cc(Cl)cc(Cl)c1. The number of imide groups is 1. The summed E-state index contributed by atoms with van der Waals surface area (Å²) in [5.74, 6) is -0.271. The number of hydrogen-bond donors (Lipinski definition) is 0. The molecule has 4 rings (SSSR count). The number of benzene rings is 2. The molecule has 2 aliphatic heterocycles. The molecule has 3 amide bonds. The van der Waals surface area contributed by atoms with Crippen LogP contribution in [0.2, 0.25) is 10.0 Å². The molecule has 0 spiro atoms. The lowest BCUT2D eigenvalue weighted by molar-refractivity contribution is -0.119. The molecule has 5 nitrogen and oxygen atoms in total. The summed E-state index contributed by atoms with van der Waals surface area (Å²) in [7, 11) is 0. The van der Waals surface area contributed by atoms with Crippen molar-refractivity contribution < 1.29 is 14.3 Å². The number of rotatable bonds is 4. The highest BCUT2D eigenvalue weighted by molar-refractivity contribution is 9.10. The molecule has 140 valence electrons. The van der Waals surface area contributed by atoms with Gasteiger partial charge in [-0.05, 0) is 35.9 Å². The molecule has 2 aliphatic rings. The minimum Gasteiger partial charge on any atom is -0.372 e. The fourth-order valence-electron chi connectivity index (χ4n) is 3.48. The Hall–Kier alpha value is -1.60. The molecule has 0 saturated carbocycles. The van der Waals surface area contributed by atoms with Gasteiger partial charge in [0.2, 0.25) is 0 Å². The Balaban J connectivity index is 1.45. The zero-order chi connectivity index (χ0) is 19.1. The van der Waals surface area contributed by atoms with Gasteiger partial charge in [-0.25, -0.2) is 9.69 Å². The van der Waals surface area contributed by atoms with Gasteiger partial charge in [0, 0.05) is 27.5 Å². The summed E-state index contributed by atoms with van der Waals surface area (Å²) in [6.45, 7) is 0.814. The van der Waals surface area contributed by atoms with Crippen molar-refractivity contribution in [3.63, 3.8) is 0 Å². The molecule has 2 saturated heterocycles. The molecule has 2 aromatic carbocycles. The first kappa shape index (κ1) is 18.7. The Morgan fingerprint density at radius 2 is 1.85 bits per heavy atom. The first-order valence-electron chi connectivity index (χ1n) is 8.39. The van der Waals surface area contributed by atoms with E-state index in [0.717, 1.165) is 14.9 Å². The standard InChI is InChI=1S/C19H15BrCl2N2O3/c20-12-3-1-2-11(4-12)10-27-16-8-17-18(25)24(19(26)23(17)9-16)15-6-13(21)5-14(22)7-15/h1-7,16-17H,8-10H2. The smallest absolute Gasteiger partial charge is 0.332 e. The molecule has 8 heteroatoms. The molecule has 2 unspecified atom stereocenters. The van der Waals surface area contributed by atoms with E-state index in [0.29, 0.717) is 35.3 Å². The Labute approximate surface area is 174 Å². The van der Waals surface area contributed by atoms with Crippen molar-refractivity contribution in [3.05, 3.63) is 62.5 Å². The number of hydrogen-bond acceptors (Lipinski definition) is 3. The van der Waals surface area contributed by atoms with Crippen LogP contribution in [0, 0.1) is 0 Å². The van der Waals surface area contributed by atoms with Crippen LogP contribution < -0.4 is 4.90 Å². The molecule has 2 heterocycles. The lowest BCUT2D eigenvalue weighted by atomic mass is 10.1. The minimum atomic E-state index is -0.511. The molecule has 0 aliphatic carbocycles. The number of carbonyl (C=O) groups excluding carboxylic acids is 2. The zero-order valence-electron chi connectivity index (χ0n) is 14.1. The summed E-state index contributed by atoms with van der Waals surface area (Å²) < 4.78 is 6.91. The molecule has 0 N–H and O–H groups in total. The summed E-state index contributed by atoms with van der Waals surface area (Å²) in [5, 5.41) is 0.751. The van der Waals surface area contributed by atoms with E-state index in [4.69, 9.17) is 27.9 Å². The van der Waals surface area contributed by atoms with Gasteiger partial charge in [-0.2, -0.15) is 0 Å². The molecular weight excluding hydrogens is 455 g/mol. The van der Waals surface area contributed by atoms with Crippen molar-refractivity contribution in [2.24, 2.45) is 0 Å². The highest BCUT2D eigenvalue weighted by Gasteiger charge is 2.51. The second-order valence-corrected chi connectivity index (χ2v) is 8.34. The lowest BCUT2D eigenvalue weighted by Crippen LogP contribution is -2.35. The lowest BCUT2D eigenvalue weighted by Gasteiger charge is -2.18. The third-order valence-corrected chi connectivity index (χ3v) is 5.62. The zero-order valence-corrected chi connectivity index (χ0v) is 17.2. The monoisotopic (exact) mass is 468 g/mol. The van der Waals surface area contributed by atoms with E-state index in [1.807, 2.05) is 24.3 Å². The number of halogens is 3. The topological polar surface area (TPSA) is 49.9 Å². The number of fused-ring (bicyclic) bond motifs is 1. The van der Waals surface area contributed by atoms with Crippen molar-refractivity contribution >= 4 is 56.8 Å². The molecule has 0 bridgehead atoms. The first-order valence-corrected chi connectivity index (χ1v) is 9.94. The summed E-state index contributed by atoms with van der Waals surface area (Å²) in [4.78, 5) is 28.3. The van der Waals surface area contributed by atoms with Gasteiger partial charge in [0.25, 0.3) is 5.91 Å². The molecule has 0 radical (unpaired) electrons. The van der Waals surface area contributed by atoms with Crippen molar-refractivity contribution in [2.75, 3.05) is 11.4 Å². The minimum absolute atomic E-state index is 0.174. The van der Waals surface area contributed by atoms with Gasteiger partial charge < -0.3 is 9.64 Å². The Morgan fingerprint density at radius 3 is 2.52 bits per heavy atom. The van der Waals surface area contributed by atoms with Crippen LogP contribution in [-0.4, -0.2) is 35.5 Å². The predicted molar refractivity (Wildman–Crippen MR) is 107 cm³/mol. The van der Waals surface area contributed by atoms with Crippen molar-refractivity contribution in [1.82, 2.24) is 4.90 Å². The van der Waals surface area contributed by atoms with Crippen LogP contribution in [0.3, 0.4) is 0 Å². The molecule has 2 fully saturated rings. The summed E-state index contributed by atoms with van der Waals surface area (Å²) in [6.07, 6.45) is 0.301. The van der Waals surface area contributed by atoms with Gasteiger partial charge in [0.1, 0.15) is 6.04 Å². The van der Waals surface area contributed by atoms with Gasteiger partial charge in [0.05, 0.1) is 18.4 Å². The average Bonchev–Trinajstić information content (AvgIpc) is 3.12. The van der Waals surface area contributed by atoms with Crippen LogP contribution in [0.15, 0.2) is 46.9 Å². The van der Waals surface area contributed by atoms with Gasteiger partial charge >= 0.3 is 6.03 Å². The number of ether oxygens (including phenoxy) is 1. The van der Waals surface area contributed by atoms with Crippen LogP contribution >= 0.6 is 39.1 Å². The molecule has 2 aromatic rings. The number of urea groups is 1. The number of amides is 3. The van der Waals surface area contributed by atoms with Gasteiger partial charge in [0.15, 0.2) is 0 Å². The van der Waals surface area contributed by atoms with Crippen LogP contribution in [-0.2, 0) is 16.1 Å². The molecule has 0 aromatic heterocycles. The predicted octanol–water partition coefficient (Wildman–Crippen LogP) is 4.88. The van der Waals surface area contributed by atoms with Crippen molar-refractivity contribution in [3.8, 4) is 0 Å². The van der Waals surface area contributed by atoms with Crippen molar-refractivity contribution in [1.29, 1.82) is 0 Å². The van der Waals surface area contributed by atoms with Crippen molar-refractivity contribution in [2.45, 2.75) is 25.2 Å². The second kappa shape index (κ2) is 7.43. The highest BCUT2D eigenvalue weighted by atomic mass is 79.9. The fraction of sp³-hybridized carbons (Fsp3) is 0.263. The van der Waals surface area contributed by atoms with E-state index in [-0.39, 0.29) is 18.0 Å². The molecule has 27 heavy (non-hydrogen) atoms. The summed E-state index contributed by atoms with van der Waals surface area (Å²) >= 11 is 15.4. The quantitative estimate of drug-likeness (QED) is 0.599. The van der Waals surface area contributed by atoms with E-state index in [9.17, 15) is 9.59 Å². The Kier molecular flexibility index (Phi) is 5.16. The maximum absolute atomic E-state index is 12.8. The third kappa shape index (κ3) is 3.72. The first-order chi connectivity index (χ1) is 12.9. The summed E-state index contributed by atoms with van der Waals surface area (Å²) in [6, 6.07) is 11.7. The Bertz CT molecular complexity index is 879. The van der Waals surface area contributed by atoms with Gasteiger partial charge in [-0.15, -0.1) is 0 Å². The van der Waals surface area contributed by atoms with Crippen LogP contribution in [0.1, 0.15) is 12.0 Å². The third-order valence-electron chi connectivity index (χ3n) is 4.69. The van der Waals surface area contributed by atoms with E-state index in [1.54, 1.807) is 23.1 Å². The van der Waals surface area contributed by atoms with Gasteiger partial charge in [-0.1, -0.05) is 51.3 Å². The van der Waals surface area contributed by atoms with E-state index < -0.39 is 6.04 Å². The van der Waals surface area contributed by atoms with E-state index in [1.165, 1.54) is 0 Å². The average molecular weight is 470 g/mol. The maximum Gasteiger partial charge on any atom is 0.332 e. The van der Waals surface area contributed by atoms with E-state index >= 15 is 0 Å². The van der Waals surface area contributed by atoms with Crippen LogP contribution in [0.5, 0.6) is 0 Å². The number of carbonyl (C=O) groups is 2. The maximum atomic E-state index is 12.8. The second-order valence-electron chi connectivity index (χ2n) is 6.55. The van der Waals surface area contributed by atoms with Crippen LogP contribution in [0.4, 0.5) is 10.5 Å². The van der Waals surface area contributed by atoms with Gasteiger partial charge in [-0.3, -0.25) is 4.79 Å². The molecule has 2 atom stereocenters. The van der Waals surface area contributed by atoms with Crippen LogP contribution in [0.25, 0.3) is 0 Å². The van der Waals surface area contributed by atoms with E-state index in [2.05, 4.69) is 15.9 Å². The Morgan fingerprint density at radius 1 is 1.11 bits per heavy atom. The normalized spacial score (nSPS) is 21.9.